The average Bonchev–Trinajstić information content (AvgIpc) is 2.95. The third-order valence-electron chi connectivity index (χ3n) is 3.97. The van der Waals surface area contributed by atoms with E-state index < -0.39 is 0 Å². The van der Waals surface area contributed by atoms with E-state index in [1.54, 1.807) is 0 Å². The molecule has 0 atom stereocenters. The molecule has 0 aliphatic heterocycles. The number of nitriles is 1. The molecular weight excluding hydrogens is 286 g/mol. The molecule has 0 saturated carbocycles. The van der Waals surface area contributed by atoms with E-state index in [9.17, 15) is 5.26 Å². The van der Waals surface area contributed by atoms with Crippen LogP contribution in [-0.4, -0.2) is 4.98 Å². The van der Waals surface area contributed by atoms with Crippen molar-refractivity contribution in [2.45, 2.75) is 20.8 Å². The van der Waals surface area contributed by atoms with Crippen LogP contribution >= 0.6 is 0 Å². The van der Waals surface area contributed by atoms with Crippen LogP contribution in [0.1, 0.15) is 22.5 Å². The number of aromatic nitrogens is 1. The van der Waals surface area contributed by atoms with Gasteiger partial charge in [0.2, 0.25) is 0 Å². The largest absolute Gasteiger partial charge is 0.461 e. The Kier molecular flexibility index (Phi) is 3.63. The Balaban J connectivity index is 2.22. The van der Waals surface area contributed by atoms with E-state index in [-0.39, 0.29) is 5.82 Å². The lowest BCUT2D eigenvalue weighted by molar-refractivity contribution is 0.548. The van der Waals surface area contributed by atoms with Crippen LogP contribution in [0.4, 0.5) is 5.82 Å². The third kappa shape index (κ3) is 2.69. The topological polar surface area (TPSA) is 75.8 Å². The Morgan fingerprint density at radius 2 is 1.83 bits per heavy atom. The minimum atomic E-state index is 0.215. The van der Waals surface area contributed by atoms with Crippen LogP contribution < -0.4 is 5.73 Å². The summed E-state index contributed by atoms with van der Waals surface area (Å²) in [5, 5.41) is 9.40. The van der Waals surface area contributed by atoms with Gasteiger partial charge < -0.3 is 10.2 Å². The molecule has 114 valence electrons. The van der Waals surface area contributed by atoms with Crippen molar-refractivity contribution < 1.29 is 4.42 Å². The van der Waals surface area contributed by atoms with Crippen molar-refractivity contribution in [1.29, 1.82) is 5.26 Å². The fraction of sp³-hybridized carbons (Fsp3) is 0.158. The van der Waals surface area contributed by atoms with E-state index in [1.807, 2.05) is 31.2 Å². The zero-order valence-corrected chi connectivity index (χ0v) is 13.3. The fourth-order valence-corrected chi connectivity index (χ4v) is 2.50. The molecule has 0 bridgehead atoms. The number of hydrogen-bond donors (Lipinski definition) is 1. The highest BCUT2D eigenvalue weighted by Gasteiger charge is 2.16. The molecule has 0 fully saturated rings. The highest BCUT2D eigenvalue weighted by atomic mass is 16.3. The number of nitrogen functional groups attached to an aromatic ring is 1. The van der Waals surface area contributed by atoms with Gasteiger partial charge in [-0.05, 0) is 56.2 Å². The molecule has 3 rings (SSSR count). The first-order valence-electron chi connectivity index (χ1n) is 7.34. The summed E-state index contributed by atoms with van der Waals surface area (Å²) in [6.45, 7) is 5.99. The lowest BCUT2D eigenvalue weighted by Gasteiger charge is -2.10. The Hall–Kier alpha value is -3.06. The zero-order valence-electron chi connectivity index (χ0n) is 13.3. The normalized spacial score (nSPS) is 10.5. The van der Waals surface area contributed by atoms with Gasteiger partial charge in [0.05, 0.1) is 5.69 Å². The second-order valence-corrected chi connectivity index (χ2v) is 5.64. The molecule has 0 saturated heterocycles. The second-order valence-electron chi connectivity index (χ2n) is 5.64. The van der Waals surface area contributed by atoms with Crippen LogP contribution in [-0.2, 0) is 0 Å². The summed E-state index contributed by atoms with van der Waals surface area (Å²) in [5.74, 6) is 1.62. The van der Waals surface area contributed by atoms with Crippen LogP contribution in [0.2, 0.25) is 0 Å². The Morgan fingerprint density at radius 3 is 2.43 bits per heavy atom. The van der Waals surface area contributed by atoms with Crippen LogP contribution in [0.5, 0.6) is 0 Å². The summed E-state index contributed by atoms with van der Waals surface area (Å²) in [6, 6.07) is 13.8. The van der Waals surface area contributed by atoms with Gasteiger partial charge in [-0.15, -0.1) is 0 Å². The molecule has 2 heterocycles. The molecule has 4 nitrogen and oxygen atoms in total. The van der Waals surface area contributed by atoms with Crippen molar-refractivity contribution in [1.82, 2.24) is 4.98 Å². The van der Waals surface area contributed by atoms with Crippen LogP contribution in [0.15, 0.2) is 40.8 Å². The maximum Gasteiger partial charge on any atom is 0.142 e. The van der Waals surface area contributed by atoms with Crippen LogP contribution in [0.25, 0.3) is 22.6 Å². The average molecular weight is 303 g/mol. The van der Waals surface area contributed by atoms with Crippen molar-refractivity contribution in [3.8, 4) is 28.7 Å². The SMILES string of the molecule is Cc1ccc(-c2cc(-c3ccc(C)c(C)c3)nc(N)c2C#N)o1. The predicted octanol–water partition coefficient (Wildman–Crippen LogP) is 4.39. The number of furan rings is 1. The van der Waals surface area contributed by atoms with E-state index in [1.165, 1.54) is 11.1 Å². The molecular formula is C19H17N3O. The van der Waals surface area contributed by atoms with Gasteiger partial charge in [-0.1, -0.05) is 12.1 Å². The van der Waals surface area contributed by atoms with Crippen LogP contribution in [0, 0.1) is 32.1 Å². The molecule has 2 N–H and O–H groups in total. The Bertz CT molecular complexity index is 932. The van der Waals surface area contributed by atoms with Crippen LogP contribution in [0.3, 0.4) is 0 Å². The van der Waals surface area contributed by atoms with Gasteiger partial charge in [0.25, 0.3) is 0 Å². The van der Waals surface area contributed by atoms with E-state index in [2.05, 4.69) is 37.0 Å². The quantitative estimate of drug-likeness (QED) is 0.761. The number of anilines is 1. The minimum Gasteiger partial charge on any atom is -0.461 e. The van der Waals surface area contributed by atoms with Gasteiger partial charge in [-0.3, -0.25) is 0 Å². The molecule has 23 heavy (non-hydrogen) atoms. The first-order chi connectivity index (χ1) is 11.0. The number of nitrogens with two attached hydrogens (primary N) is 1. The van der Waals surface area contributed by atoms with Gasteiger partial charge in [-0.25, -0.2) is 4.98 Å². The number of hydrogen-bond acceptors (Lipinski definition) is 4. The predicted molar refractivity (Wildman–Crippen MR) is 90.7 cm³/mol. The highest BCUT2D eigenvalue weighted by molar-refractivity contribution is 5.78. The minimum absolute atomic E-state index is 0.215. The monoisotopic (exact) mass is 303 g/mol. The van der Waals surface area contributed by atoms with Gasteiger partial charge in [0.15, 0.2) is 0 Å². The molecule has 4 heteroatoms. The van der Waals surface area contributed by atoms with Crippen molar-refractivity contribution in [2.24, 2.45) is 0 Å². The number of nitrogens with zero attached hydrogens (tertiary/aromatic N) is 2. The maximum absolute atomic E-state index is 9.40. The Morgan fingerprint density at radius 1 is 1.04 bits per heavy atom. The summed E-state index contributed by atoms with van der Waals surface area (Å²) in [5.41, 5.74) is 11.1. The molecule has 0 amide bonds. The number of pyridine rings is 1. The smallest absolute Gasteiger partial charge is 0.142 e. The van der Waals surface area contributed by atoms with Crippen molar-refractivity contribution in [2.75, 3.05) is 5.73 Å². The van der Waals surface area contributed by atoms with E-state index in [4.69, 9.17) is 10.2 Å². The summed E-state index contributed by atoms with van der Waals surface area (Å²) in [4.78, 5) is 4.39. The van der Waals surface area contributed by atoms with Crippen molar-refractivity contribution in [3.63, 3.8) is 0 Å². The molecule has 0 radical (unpaired) electrons. The molecule has 0 spiro atoms. The Labute approximate surface area is 135 Å². The lowest BCUT2D eigenvalue weighted by Crippen LogP contribution is -1.99. The second kappa shape index (κ2) is 5.62. The highest BCUT2D eigenvalue weighted by Crippen LogP contribution is 2.32. The number of aryl methyl sites for hydroxylation is 3. The van der Waals surface area contributed by atoms with Crippen molar-refractivity contribution in [3.05, 3.63) is 58.8 Å². The fourth-order valence-electron chi connectivity index (χ4n) is 2.50. The number of benzene rings is 1. The van der Waals surface area contributed by atoms with Gasteiger partial charge in [0.1, 0.15) is 29.0 Å². The maximum atomic E-state index is 9.40. The van der Waals surface area contributed by atoms with Gasteiger partial charge in [-0.2, -0.15) is 5.26 Å². The molecule has 0 unspecified atom stereocenters. The van der Waals surface area contributed by atoms with E-state index in [0.29, 0.717) is 16.9 Å². The first-order valence-corrected chi connectivity index (χ1v) is 7.34. The summed E-state index contributed by atoms with van der Waals surface area (Å²) in [6.07, 6.45) is 0. The molecule has 2 aromatic heterocycles. The molecule has 3 aromatic rings. The summed E-state index contributed by atoms with van der Waals surface area (Å²) < 4.78 is 5.67. The first kappa shape index (κ1) is 14.9. The molecule has 0 aliphatic carbocycles. The van der Waals surface area contributed by atoms with Gasteiger partial charge in [0, 0.05) is 11.1 Å². The standard InChI is InChI=1S/C19H17N3O/c1-11-4-6-14(8-12(11)2)17-9-15(16(10-20)19(21)22-17)18-7-5-13(3)23-18/h4-9H,1-3H3,(H2,21,22). The number of rotatable bonds is 2. The van der Waals surface area contributed by atoms with Crippen molar-refractivity contribution >= 4 is 5.82 Å². The van der Waals surface area contributed by atoms with E-state index in [0.717, 1.165) is 17.0 Å². The molecule has 1 aromatic carbocycles. The lowest BCUT2D eigenvalue weighted by atomic mass is 10.0. The zero-order chi connectivity index (χ0) is 16.6. The third-order valence-corrected chi connectivity index (χ3v) is 3.97. The molecule has 0 aliphatic rings. The van der Waals surface area contributed by atoms with E-state index >= 15 is 0 Å². The summed E-state index contributed by atoms with van der Waals surface area (Å²) >= 11 is 0. The summed E-state index contributed by atoms with van der Waals surface area (Å²) in [7, 11) is 0. The van der Waals surface area contributed by atoms with Gasteiger partial charge >= 0.3 is 0 Å².